The Morgan fingerprint density at radius 2 is 1.36 bits per heavy atom. The molecule has 8 rings (SSSR count). The van der Waals surface area contributed by atoms with Gasteiger partial charge in [-0.25, -0.2) is 0 Å². The van der Waals surface area contributed by atoms with E-state index >= 15 is 0 Å². The first-order chi connectivity index (χ1) is 19.0. The zero-order valence-electron chi connectivity index (χ0n) is 21.7. The molecule has 2 heterocycles. The molecule has 2 atom stereocenters. The van der Waals surface area contributed by atoms with Crippen LogP contribution in [0.25, 0.3) is 10.9 Å². The monoisotopic (exact) mass is 517 g/mol. The van der Waals surface area contributed by atoms with Gasteiger partial charge in [-0.2, -0.15) is 10.1 Å². The van der Waals surface area contributed by atoms with E-state index in [2.05, 4.69) is 29.4 Å². The normalized spacial score (nSPS) is 22.9. The summed E-state index contributed by atoms with van der Waals surface area (Å²) in [7, 11) is 0. The number of amides is 2. The molecule has 0 N–H and O–H groups in total. The summed E-state index contributed by atoms with van der Waals surface area (Å²) in [6.45, 7) is 4.06. The fraction of sp³-hybridized carbons (Fsp3) is 0.250. The summed E-state index contributed by atoms with van der Waals surface area (Å²) < 4.78 is 7.06. The van der Waals surface area contributed by atoms with Crippen LogP contribution in [0.5, 0.6) is 0 Å². The van der Waals surface area contributed by atoms with Crippen molar-refractivity contribution in [1.82, 2.24) is 9.58 Å². The molecule has 7 nitrogen and oxygen atoms in total. The molecule has 7 heteroatoms. The van der Waals surface area contributed by atoms with Crippen LogP contribution in [-0.4, -0.2) is 40.2 Å². The van der Waals surface area contributed by atoms with Gasteiger partial charge < -0.3 is 9.30 Å². The lowest BCUT2D eigenvalue weighted by Gasteiger charge is -2.45. The Hall–Kier alpha value is -4.52. The quantitative estimate of drug-likeness (QED) is 0.218. The highest BCUT2D eigenvalue weighted by Crippen LogP contribution is 2.60. The largest absolute Gasteiger partial charge is 0.465 e. The summed E-state index contributed by atoms with van der Waals surface area (Å²) in [5.41, 5.74) is 6.96. The molecule has 4 aromatic rings. The number of hydrazone groups is 1. The van der Waals surface area contributed by atoms with Crippen LogP contribution in [0.15, 0.2) is 77.9 Å². The van der Waals surface area contributed by atoms with Crippen molar-refractivity contribution in [3.8, 4) is 0 Å². The van der Waals surface area contributed by atoms with E-state index < -0.39 is 11.8 Å². The molecule has 194 valence electrons. The van der Waals surface area contributed by atoms with Gasteiger partial charge in [0.25, 0.3) is 11.8 Å². The minimum Gasteiger partial charge on any atom is -0.465 e. The molecular weight excluding hydrogens is 490 g/mol. The van der Waals surface area contributed by atoms with Crippen LogP contribution >= 0.6 is 0 Å². The predicted molar refractivity (Wildman–Crippen MR) is 146 cm³/mol. The van der Waals surface area contributed by atoms with Crippen LogP contribution in [0.1, 0.15) is 52.3 Å². The third kappa shape index (κ3) is 3.29. The van der Waals surface area contributed by atoms with Crippen molar-refractivity contribution in [3.05, 3.63) is 106 Å². The minimum atomic E-state index is -0.476. The zero-order valence-corrected chi connectivity index (χ0v) is 21.7. The maximum atomic E-state index is 13.9. The van der Waals surface area contributed by atoms with Gasteiger partial charge in [0, 0.05) is 34.0 Å². The van der Waals surface area contributed by atoms with E-state index in [1.54, 1.807) is 13.1 Å². The molecule has 0 radical (unpaired) electrons. The molecule has 4 aliphatic rings. The molecule has 2 bridgehead atoms. The van der Waals surface area contributed by atoms with Gasteiger partial charge in [0.15, 0.2) is 0 Å². The molecule has 1 aliphatic heterocycles. The number of ether oxygens (including phenoxy) is 1. The first-order valence-corrected chi connectivity index (χ1v) is 13.3. The molecule has 0 unspecified atom stereocenters. The molecule has 1 aromatic heterocycles. The Morgan fingerprint density at radius 1 is 0.846 bits per heavy atom. The number of imide groups is 1. The SMILES string of the molecule is CCOC(=O)Cn1c(C)c(/C=N\N2C(=O)[C@@H]3C4c5ccccc5C(c5ccccc54)[C@H]3C2=O)c2ccccc21. The fourth-order valence-electron chi connectivity index (χ4n) is 7.05. The van der Waals surface area contributed by atoms with E-state index in [9.17, 15) is 14.4 Å². The number of hydrogen-bond acceptors (Lipinski definition) is 5. The number of esters is 1. The van der Waals surface area contributed by atoms with E-state index in [-0.39, 0.29) is 36.2 Å². The number of aromatic nitrogens is 1. The van der Waals surface area contributed by atoms with Gasteiger partial charge in [-0.15, -0.1) is 0 Å². The number of fused-ring (bicyclic) bond motifs is 1. The van der Waals surface area contributed by atoms with E-state index in [0.29, 0.717) is 6.61 Å². The van der Waals surface area contributed by atoms with Crippen molar-refractivity contribution in [1.29, 1.82) is 0 Å². The third-order valence-electron chi connectivity index (χ3n) is 8.60. The summed E-state index contributed by atoms with van der Waals surface area (Å²) in [6.07, 6.45) is 1.59. The Kier molecular flexibility index (Phi) is 5.30. The van der Waals surface area contributed by atoms with Gasteiger partial charge in [-0.1, -0.05) is 66.7 Å². The highest BCUT2D eigenvalue weighted by Gasteiger charge is 2.61. The molecule has 3 aromatic carbocycles. The first kappa shape index (κ1) is 23.6. The second-order valence-corrected chi connectivity index (χ2v) is 10.4. The van der Waals surface area contributed by atoms with Gasteiger partial charge in [0.2, 0.25) is 0 Å². The Bertz CT molecular complexity index is 1600. The van der Waals surface area contributed by atoms with Gasteiger partial charge in [-0.05, 0) is 42.2 Å². The van der Waals surface area contributed by atoms with Gasteiger partial charge in [-0.3, -0.25) is 14.4 Å². The van der Waals surface area contributed by atoms with E-state index in [4.69, 9.17) is 4.74 Å². The molecule has 0 spiro atoms. The second-order valence-electron chi connectivity index (χ2n) is 10.4. The van der Waals surface area contributed by atoms with Crippen molar-refractivity contribution in [2.24, 2.45) is 16.9 Å². The van der Waals surface area contributed by atoms with Crippen molar-refractivity contribution in [2.75, 3.05) is 6.61 Å². The number of para-hydroxylation sites is 1. The summed E-state index contributed by atoms with van der Waals surface area (Å²) >= 11 is 0. The molecule has 1 saturated heterocycles. The smallest absolute Gasteiger partial charge is 0.325 e. The second kappa shape index (κ2) is 8.76. The highest BCUT2D eigenvalue weighted by atomic mass is 16.5. The zero-order chi connectivity index (χ0) is 26.8. The number of hydrogen-bond donors (Lipinski definition) is 0. The molecule has 39 heavy (non-hydrogen) atoms. The molecule has 3 aliphatic carbocycles. The van der Waals surface area contributed by atoms with E-state index in [1.807, 2.05) is 60.0 Å². The average Bonchev–Trinajstić information content (AvgIpc) is 3.37. The lowest BCUT2D eigenvalue weighted by Crippen LogP contribution is -2.41. The maximum Gasteiger partial charge on any atom is 0.325 e. The van der Waals surface area contributed by atoms with Crippen LogP contribution in [0, 0.1) is 18.8 Å². The summed E-state index contributed by atoms with van der Waals surface area (Å²) in [5, 5.41) is 6.50. The average molecular weight is 518 g/mol. The number of carbonyl (C=O) groups is 3. The topological polar surface area (TPSA) is 81.0 Å². The van der Waals surface area contributed by atoms with Gasteiger partial charge in [0.1, 0.15) is 6.54 Å². The van der Waals surface area contributed by atoms with Crippen molar-refractivity contribution < 1.29 is 19.1 Å². The van der Waals surface area contributed by atoms with E-state index in [0.717, 1.165) is 49.4 Å². The molecular formula is C32H27N3O4. The Balaban J connectivity index is 1.28. The van der Waals surface area contributed by atoms with Crippen molar-refractivity contribution in [2.45, 2.75) is 32.2 Å². The number of rotatable bonds is 5. The predicted octanol–water partition coefficient (Wildman–Crippen LogP) is 4.74. The summed E-state index contributed by atoms with van der Waals surface area (Å²) in [4.78, 5) is 40.0. The summed E-state index contributed by atoms with van der Waals surface area (Å²) in [6, 6.07) is 24.1. The van der Waals surface area contributed by atoms with Crippen LogP contribution in [0.4, 0.5) is 0 Å². The van der Waals surface area contributed by atoms with Crippen molar-refractivity contribution in [3.63, 3.8) is 0 Å². The Morgan fingerprint density at radius 3 is 1.90 bits per heavy atom. The van der Waals surface area contributed by atoms with E-state index in [1.165, 1.54) is 0 Å². The van der Waals surface area contributed by atoms with Crippen LogP contribution in [0.3, 0.4) is 0 Å². The lowest BCUT2D eigenvalue weighted by molar-refractivity contribution is -0.144. The first-order valence-electron chi connectivity index (χ1n) is 13.3. The Labute approximate surface area is 225 Å². The van der Waals surface area contributed by atoms with Gasteiger partial charge in [0.05, 0.1) is 24.7 Å². The lowest BCUT2D eigenvalue weighted by atomic mass is 9.55. The van der Waals surface area contributed by atoms with Crippen LogP contribution in [-0.2, 0) is 25.7 Å². The highest BCUT2D eigenvalue weighted by molar-refractivity contribution is 6.09. The van der Waals surface area contributed by atoms with Crippen molar-refractivity contribution >= 4 is 34.9 Å². The minimum absolute atomic E-state index is 0.0691. The van der Waals surface area contributed by atoms with Crippen LogP contribution < -0.4 is 0 Å². The van der Waals surface area contributed by atoms with Gasteiger partial charge >= 0.3 is 5.97 Å². The summed E-state index contributed by atoms with van der Waals surface area (Å²) in [5.74, 6) is -2.13. The molecule has 2 amide bonds. The molecule has 1 fully saturated rings. The number of carbonyl (C=O) groups excluding carboxylic acids is 3. The third-order valence-corrected chi connectivity index (χ3v) is 8.60. The number of nitrogens with zero attached hydrogens (tertiary/aromatic N) is 3. The molecule has 0 saturated carbocycles. The number of benzene rings is 3. The van der Waals surface area contributed by atoms with Crippen LogP contribution in [0.2, 0.25) is 0 Å². The fourth-order valence-corrected chi connectivity index (χ4v) is 7.05. The standard InChI is InChI=1S/C32H27N3O4/c1-3-39-26(36)17-34-18(2)24(19-10-8-9-15-25(19)34)16-33-35-31(37)29-27-20-11-4-5-12-21(20)28(30(29)32(35)38)23-14-7-6-13-22(23)27/h4-16,27-30H,3,17H2,1-2H3/b33-16-/t27?,28?,29-,30-/m1/s1. The maximum absolute atomic E-state index is 13.9.